The molecule has 0 saturated heterocycles. The van der Waals surface area contributed by atoms with E-state index >= 15 is 0 Å². The molecule has 1 atom stereocenters. The summed E-state index contributed by atoms with van der Waals surface area (Å²) < 4.78 is 2.53. The molecule has 39 heavy (non-hydrogen) atoms. The number of Topliss-reactive ketones (excluding diaryl/α,β-unsaturated/α-hetero) is 1. The first-order chi connectivity index (χ1) is 19.0. The van der Waals surface area contributed by atoms with Gasteiger partial charge < -0.3 is 5.21 Å². The smallest absolute Gasteiger partial charge is 0.200 e. The predicted molar refractivity (Wildman–Crippen MR) is 150 cm³/mol. The number of rotatable bonds is 8. The number of hydrogen-bond donors (Lipinski definition) is 0. The minimum atomic E-state index is -0.0571. The maximum Gasteiger partial charge on any atom is 0.200 e. The van der Waals surface area contributed by atoms with Gasteiger partial charge in [-0.05, 0) is 76.7 Å². The number of nitrogens with zero attached hydrogens (tertiary/aromatic N) is 5. The normalized spacial score (nSPS) is 13.8. The highest BCUT2D eigenvalue weighted by atomic mass is 35.5. The van der Waals surface area contributed by atoms with Crippen LogP contribution in [0.2, 0.25) is 5.02 Å². The highest BCUT2D eigenvalue weighted by Gasteiger charge is 2.31. The monoisotopic (exact) mass is 535 g/mol. The van der Waals surface area contributed by atoms with Crippen LogP contribution < -0.4 is 4.73 Å². The van der Waals surface area contributed by atoms with Crippen molar-refractivity contribution in [2.75, 3.05) is 0 Å². The number of carbonyl (C=O) groups excluding carboxylic acids is 1. The average molecular weight is 536 g/mol. The van der Waals surface area contributed by atoms with Gasteiger partial charge in [0.15, 0.2) is 17.7 Å². The lowest BCUT2D eigenvalue weighted by Crippen LogP contribution is -2.34. The maximum absolute atomic E-state index is 13.6. The molecule has 3 aromatic carbocycles. The Morgan fingerprint density at radius 1 is 1.03 bits per heavy atom. The second-order valence-electron chi connectivity index (χ2n) is 10.1. The quantitative estimate of drug-likeness (QED) is 0.130. The van der Waals surface area contributed by atoms with Crippen LogP contribution >= 0.6 is 11.6 Å². The minimum Gasteiger partial charge on any atom is -0.618 e. The van der Waals surface area contributed by atoms with E-state index in [1.165, 1.54) is 19.2 Å². The Balaban J connectivity index is 1.39. The van der Waals surface area contributed by atoms with Crippen LogP contribution in [-0.2, 0) is 0 Å². The highest BCUT2D eigenvalue weighted by molar-refractivity contribution is 6.31. The summed E-state index contributed by atoms with van der Waals surface area (Å²) in [6.07, 6.45) is 6.40. The van der Waals surface area contributed by atoms with Gasteiger partial charge in [0.25, 0.3) is 0 Å². The molecule has 6 rings (SSSR count). The second-order valence-corrected chi connectivity index (χ2v) is 10.5. The largest absolute Gasteiger partial charge is 0.618 e. The second kappa shape index (κ2) is 10.4. The van der Waals surface area contributed by atoms with Crippen LogP contribution in [-0.4, -0.2) is 26.0 Å². The van der Waals surface area contributed by atoms with Crippen molar-refractivity contribution in [1.29, 1.82) is 0 Å². The van der Waals surface area contributed by atoms with Gasteiger partial charge in [0.2, 0.25) is 0 Å². The molecule has 0 amide bonds. The molecule has 1 aliphatic rings. The molecular formula is C31H26ClN5O2. The maximum atomic E-state index is 13.6. The number of tetrazole rings is 1. The first kappa shape index (κ1) is 24.9. The molecule has 8 heteroatoms. The van der Waals surface area contributed by atoms with Gasteiger partial charge in [-0.25, -0.2) is 0 Å². The van der Waals surface area contributed by atoms with Gasteiger partial charge in [0.05, 0.1) is 11.6 Å². The third kappa shape index (κ3) is 5.31. The zero-order valence-electron chi connectivity index (χ0n) is 21.4. The standard InChI is InChI=1S/C31H26ClN5O2/c1-20(38)22-4-2-5-23(15-22)24-6-3-7-25(16-24)28(14-21-8-9-21)31-12-10-26(18-37(31)39)29-17-27(32)11-13-30(29)36-19-33-34-35-36/h2-7,10-13,15-19,21,28H,8-9,14H2,1H3. The number of carbonyl (C=O) groups is 1. The van der Waals surface area contributed by atoms with E-state index in [1.54, 1.807) is 23.9 Å². The van der Waals surface area contributed by atoms with Crippen molar-refractivity contribution >= 4 is 17.4 Å². The van der Waals surface area contributed by atoms with Crippen LogP contribution in [0.4, 0.5) is 0 Å². The lowest BCUT2D eigenvalue weighted by molar-refractivity contribution is -0.614. The topological polar surface area (TPSA) is 87.6 Å². The van der Waals surface area contributed by atoms with Gasteiger partial charge in [-0.3, -0.25) is 4.79 Å². The molecule has 194 valence electrons. The molecule has 7 nitrogen and oxygen atoms in total. The molecule has 2 aromatic heterocycles. The van der Waals surface area contributed by atoms with Gasteiger partial charge in [-0.15, -0.1) is 5.10 Å². The van der Waals surface area contributed by atoms with E-state index in [0.29, 0.717) is 22.2 Å². The lowest BCUT2D eigenvalue weighted by atomic mass is 9.87. The number of ketones is 1. The Bertz CT molecular complexity index is 1660. The van der Waals surface area contributed by atoms with Gasteiger partial charge in [0.1, 0.15) is 6.33 Å². The van der Waals surface area contributed by atoms with Gasteiger partial charge >= 0.3 is 0 Å². The van der Waals surface area contributed by atoms with Crippen LogP contribution in [0.15, 0.2) is 91.4 Å². The van der Waals surface area contributed by atoms with Crippen molar-refractivity contribution < 1.29 is 9.52 Å². The summed E-state index contributed by atoms with van der Waals surface area (Å²) in [6, 6.07) is 25.3. The van der Waals surface area contributed by atoms with Crippen LogP contribution in [0.5, 0.6) is 0 Å². The van der Waals surface area contributed by atoms with Crippen molar-refractivity contribution in [2.45, 2.75) is 32.1 Å². The Hall–Kier alpha value is -4.36. The lowest BCUT2D eigenvalue weighted by Gasteiger charge is -2.19. The van der Waals surface area contributed by atoms with E-state index in [-0.39, 0.29) is 11.7 Å². The summed E-state index contributed by atoms with van der Waals surface area (Å²) >= 11 is 6.32. The number of pyridine rings is 1. The molecule has 1 fully saturated rings. The van der Waals surface area contributed by atoms with E-state index in [9.17, 15) is 10.0 Å². The molecule has 0 bridgehead atoms. The average Bonchev–Trinajstić information content (AvgIpc) is 3.61. The number of halogens is 1. The zero-order chi connectivity index (χ0) is 26.9. The number of hydrogen-bond acceptors (Lipinski definition) is 5. The van der Waals surface area contributed by atoms with Crippen molar-refractivity contribution in [3.8, 4) is 27.9 Å². The molecule has 1 aliphatic carbocycles. The molecule has 5 aromatic rings. The van der Waals surface area contributed by atoms with Crippen molar-refractivity contribution in [1.82, 2.24) is 20.2 Å². The molecule has 0 aliphatic heterocycles. The van der Waals surface area contributed by atoms with Crippen molar-refractivity contribution in [2.24, 2.45) is 5.92 Å². The fourth-order valence-corrected chi connectivity index (χ4v) is 5.27. The molecule has 0 N–H and O–H groups in total. The van der Waals surface area contributed by atoms with Gasteiger partial charge in [0, 0.05) is 27.8 Å². The molecule has 1 saturated carbocycles. The van der Waals surface area contributed by atoms with Crippen LogP contribution in [0.3, 0.4) is 0 Å². The molecular weight excluding hydrogens is 510 g/mol. The molecule has 1 unspecified atom stereocenters. The Morgan fingerprint density at radius 3 is 2.54 bits per heavy atom. The summed E-state index contributed by atoms with van der Waals surface area (Å²) in [5.74, 6) is 0.590. The van der Waals surface area contributed by atoms with E-state index < -0.39 is 0 Å². The van der Waals surface area contributed by atoms with E-state index in [1.807, 2.05) is 60.7 Å². The fourth-order valence-electron chi connectivity index (χ4n) is 5.10. The minimum absolute atomic E-state index is 0.0371. The van der Waals surface area contributed by atoms with Crippen molar-refractivity contribution in [3.63, 3.8) is 0 Å². The Morgan fingerprint density at radius 2 is 1.82 bits per heavy atom. The third-order valence-electron chi connectivity index (χ3n) is 7.32. The molecule has 2 heterocycles. The third-order valence-corrected chi connectivity index (χ3v) is 7.56. The van der Waals surface area contributed by atoms with Crippen LogP contribution in [0, 0.1) is 11.1 Å². The van der Waals surface area contributed by atoms with Crippen LogP contribution in [0.1, 0.15) is 53.7 Å². The Labute approximate surface area is 231 Å². The summed E-state index contributed by atoms with van der Waals surface area (Å²) in [7, 11) is 0. The fraction of sp³-hybridized carbons (Fsp3) is 0.194. The number of aromatic nitrogens is 5. The molecule has 0 radical (unpaired) electrons. The zero-order valence-corrected chi connectivity index (χ0v) is 22.1. The molecule has 0 spiro atoms. The Kier molecular flexibility index (Phi) is 6.67. The van der Waals surface area contributed by atoms with Gasteiger partial charge in [-0.1, -0.05) is 66.9 Å². The summed E-state index contributed by atoms with van der Waals surface area (Å²) in [5, 5.41) is 25.6. The highest BCUT2D eigenvalue weighted by Crippen LogP contribution is 2.42. The first-order valence-electron chi connectivity index (χ1n) is 12.9. The predicted octanol–water partition coefficient (Wildman–Crippen LogP) is 6.42. The van der Waals surface area contributed by atoms with Crippen molar-refractivity contribution in [3.05, 3.63) is 118 Å². The summed E-state index contributed by atoms with van der Waals surface area (Å²) in [5.41, 5.74) is 6.69. The first-order valence-corrected chi connectivity index (χ1v) is 13.3. The number of benzene rings is 3. The summed E-state index contributed by atoms with van der Waals surface area (Å²) in [4.78, 5) is 11.9. The summed E-state index contributed by atoms with van der Waals surface area (Å²) in [6.45, 7) is 1.58. The van der Waals surface area contributed by atoms with Crippen LogP contribution in [0.25, 0.3) is 27.9 Å². The van der Waals surface area contributed by atoms with E-state index in [0.717, 1.165) is 44.7 Å². The SMILES string of the molecule is CC(=O)c1cccc(-c2cccc(C(CC3CC3)c3ccc(-c4cc(Cl)ccc4-n4cnnn4)c[n+]3[O-])c2)c1. The van der Waals surface area contributed by atoms with E-state index in [4.69, 9.17) is 11.6 Å². The van der Waals surface area contributed by atoms with E-state index in [2.05, 4.69) is 27.7 Å². The van der Waals surface area contributed by atoms with Gasteiger partial charge in [-0.2, -0.15) is 9.41 Å².